The van der Waals surface area contributed by atoms with Crippen LogP contribution in [0.15, 0.2) is 53.4 Å². The van der Waals surface area contributed by atoms with Crippen molar-refractivity contribution in [1.82, 2.24) is 5.32 Å². The molecular weight excluding hydrogens is 374 g/mol. The van der Waals surface area contributed by atoms with Crippen molar-refractivity contribution >= 4 is 39.0 Å². The second kappa shape index (κ2) is 9.45. The van der Waals surface area contributed by atoms with Gasteiger partial charge in [-0.2, -0.15) is 0 Å². The van der Waals surface area contributed by atoms with Crippen LogP contribution in [-0.4, -0.2) is 26.9 Å². The highest BCUT2D eigenvalue weighted by Gasteiger charge is 2.15. The van der Waals surface area contributed by atoms with Crippen LogP contribution in [0.5, 0.6) is 0 Å². The van der Waals surface area contributed by atoms with Gasteiger partial charge in [-0.05, 0) is 48.7 Å². The van der Waals surface area contributed by atoms with E-state index in [1.165, 1.54) is 12.1 Å². The summed E-state index contributed by atoms with van der Waals surface area (Å²) in [6, 6.07) is 12.9. The van der Waals surface area contributed by atoms with Crippen molar-refractivity contribution in [2.45, 2.75) is 24.7 Å². The molecule has 8 heteroatoms. The number of urea groups is 1. The number of para-hydroxylation sites is 1. The number of carbonyl (C=O) groups is 1. The summed E-state index contributed by atoms with van der Waals surface area (Å²) < 4.78 is 27.7. The minimum Gasteiger partial charge on any atom is -0.338 e. The molecule has 6 nitrogen and oxygen atoms in total. The van der Waals surface area contributed by atoms with Crippen LogP contribution in [0.4, 0.5) is 16.2 Å². The lowest BCUT2D eigenvalue weighted by atomic mass is 10.1. The quantitative estimate of drug-likeness (QED) is 0.469. The molecule has 0 saturated carbocycles. The smallest absolute Gasteiger partial charge is 0.319 e. The maximum Gasteiger partial charge on any atom is 0.319 e. The van der Waals surface area contributed by atoms with E-state index in [0.29, 0.717) is 30.2 Å². The van der Waals surface area contributed by atoms with E-state index in [2.05, 4.69) is 15.4 Å². The molecule has 0 aromatic heterocycles. The Morgan fingerprint density at radius 3 is 2.42 bits per heavy atom. The fourth-order valence-electron chi connectivity index (χ4n) is 2.29. The fourth-order valence-corrected chi connectivity index (χ4v) is 3.53. The van der Waals surface area contributed by atoms with Gasteiger partial charge in [0, 0.05) is 18.1 Å². The predicted molar refractivity (Wildman–Crippen MR) is 105 cm³/mol. The molecule has 0 aliphatic rings. The first kappa shape index (κ1) is 20.1. The van der Waals surface area contributed by atoms with E-state index in [9.17, 15) is 13.2 Å². The van der Waals surface area contributed by atoms with Crippen LogP contribution in [0, 0.1) is 0 Å². The first-order valence-electron chi connectivity index (χ1n) is 8.28. The monoisotopic (exact) mass is 395 g/mol. The number of sulfonamides is 1. The Bertz CT molecular complexity index is 839. The first-order chi connectivity index (χ1) is 12.5. The van der Waals surface area contributed by atoms with Crippen LogP contribution in [0.2, 0.25) is 0 Å². The van der Waals surface area contributed by atoms with Crippen molar-refractivity contribution in [3.8, 4) is 0 Å². The Morgan fingerprint density at radius 1 is 1.08 bits per heavy atom. The molecule has 2 amide bonds. The normalized spacial score (nSPS) is 11.0. The van der Waals surface area contributed by atoms with Crippen LogP contribution in [0.1, 0.15) is 18.9 Å². The van der Waals surface area contributed by atoms with Gasteiger partial charge >= 0.3 is 6.03 Å². The molecule has 0 bridgehead atoms. The van der Waals surface area contributed by atoms with Gasteiger partial charge in [0.25, 0.3) is 10.0 Å². The van der Waals surface area contributed by atoms with Crippen molar-refractivity contribution in [3.05, 3.63) is 54.1 Å². The van der Waals surface area contributed by atoms with E-state index in [-0.39, 0.29) is 10.9 Å². The van der Waals surface area contributed by atoms with Crippen LogP contribution in [0.25, 0.3) is 0 Å². The fraction of sp³-hybridized carbons (Fsp3) is 0.278. The number of hydrogen-bond acceptors (Lipinski definition) is 3. The van der Waals surface area contributed by atoms with Crippen molar-refractivity contribution in [2.24, 2.45) is 0 Å². The third-order valence-corrected chi connectivity index (χ3v) is 5.31. The maximum absolute atomic E-state index is 12.6. The van der Waals surface area contributed by atoms with E-state index in [1.807, 2.05) is 19.1 Å². The average Bonchev–Trinajstić information content (AvgIpc) is 2.62. The lowest BCUT2D eigenvalue weighted by Gasteiger charge is -2.12. The van der Waals surface area contributed by atoms with Gasteiger partial charge in [-0.15, -0.1) is 11.6 Å². The number of nitrogens with one attached hydrogen (secondary N) is 3. The van der Waals surface area contributed by atoms with Crippen molar-refractivity contribution in [3.63, 3.8) is 0 Å². The van der Waals surface area contributed by atoms with E-state index in [0.717, 1.165) is 12.0 Å². The van der Waals surface area contributed by atoms with Gasteiger partial charge in [-0.1, -0.05) is 25.1 Å². The summed E-state index contributed by atoms with van der Waals surface area (Å²) in [5.41, 5.74) is 1.99. The molecule has 0 spiro atoms. The molecule has 2 aromatic rings. The molecule has 3 N–H and O–H groups in total. The van der Waals surface area contributed by atoms with Crippen LogP contribution < -0.4 is 15.4 Å². The molecule has 0 aliphatic carbocycles. The lowest BCUT2D eigenvalue weighted by molar-refractivity contribution is 0.252. The van der Waals surface area contributed by atoms with E-state index >= 15 is 0 Å². The van der Waals surface area contributed by atoms with Gasteiger partial charge in [0.05, 0.1) is 10.6 Å². The van der Waals surface area contributed by atoms with Gasteiger partial charge in [0.15, 0.2) is 0 Å². The number of carbonyl (C=O) groups excluding carboxylic acids is 1. The number of rotatable bonds is 8. The van der Waals surface area contributed by atoms with Crippen LogP contribution >= 0.6 is 11.6 Å². The summed E-state index contributed by atoms with van der Waals surface area (Å²) in [5, 5.41) is 5.30. The topological polar surface area (TPSA) is 87.3 Å². The molecule has 0 fully saturated rings. The number of aryl methyl sites for hydroxylation is 1. The SMILES string of the molecule is CCc1ccccc1NS(=O)(=O)c1ccc(NC(=O)NCCCCl)cc1. The van der Waals surface area contributed by atoms with Crippen LogP contribution in [0.3, 0.4) is 0 Å². The molecule has 2 aromatic carbocycles. The van der Waals surface area contributed by atoms with Gasteiger partial charge in [0.1, 0.15) is 0 Å². The maximum atomic E-state index is 12.6. The number of benzene rings is 2. The predicted octanol–water partition coefficient (Wildman–Crippen LogP) is 3.80. The summed E-state index contributed by atoms with van der Waals surface area (Å²) in [4.78, 5) is 11.8. The molecule has 2 rings (SSSR count). The minimum atomic E-state index is -3.70. The molecule has 0 atom stereocenters. The number of halogens is 1. The summed E-state index contributed by atoms with van der Waals surface area (Å²) >= 11 is 5.55. The standard InChI is InChI=1S/C18H22ClN3O3S/c1-2-14-6-3-4-7-17(14)22-26(24,25)16-10-8-15(9-11-16)21-18(23)20-13-5-12-19/h3-4,6-11,22H,2,5,12-13H2,1H3,(H2,20,21,23). The highest BCUT2D eigenvalue weighted by Crippen LogP contribution is 2.21. The molecule has 140 valence electrons. The van der Waals surface area contributed by atoms with Crippen molar-refractivity contribution in [1.29, 1.82) is 0 Å². The Balaban J connectivity index is 2.05. The molecule has 0 aliphatic heterocycles. The second-order valence-electron chi connectivity index (χ2n) is 5.56. The first-order valence-corrected chi connectivity index (χ1v) is 10.3. The number of alkyl halides is 1. The summed E-state index contributed by atoms with van der Waals surface area (Å²) in [6.45, 7) is 2.44. The minimum absolute atomic E-state index is 0.122. The molecule has 0 heterocycles. The van der Waals surface area contributed by atoms with Crippen molar-refractivity contribution in [2.75, 3.05) is 22.5 Å². The van der Waals surface area contributed by atoms with E-state index in [1.54, 1.807) is 24.3 Å². The summed E-state index contributed by atoms with van der Waals surface area (Å²) in [6.07, 6.45) is 1.40. The summed E-state index contributed by atoms with van der Waals surface area (Å²) in [5.74, 6) is 0.473. The van der Waals surface area contributed by atoms with E-state index < -0.39 is 10.0 Å². The highest BCUT2D eigenvalue weighted by atomic mass is 35.5. The zero-order valence-corrected chi connectivity index (χ0v) is 16.0. The largest absolute Gasteiger partial charge is 0.338 e. The van der Waals surface area contributed by atoms with Crippen molar-refractivity contribution < 1.29 is 13.2 Å². The Kier molecular flexibility index (Phi) is 7.29. The molecule has 0 saturated heterocycles. The van der Waals surface area contributed by atoms with E-state index in [4.69, 9.17) is 11.6 Å². The number of hydrogen-bond donors (Lipinski definition) is 3. The molecule has 0 unspecified atom stereocenters. The molecule has 0 radical (unpaired) electrons. The Morgan fingerprint density at radius 2 is 1.77 bits per heavy atom. The second-order valence-corrected chi connectivity index (χ2v) is 7.62. The Labute approximate surface area is 159 Å². The summed E-state index contributed by atoms with van der Waals surface area (Å²) in [7, 11) is -3.70. The Hall–Kier alpha value is -2.25. The van der Waals surface area contributed by atoms with Gasteiger partial charge in [-0.25, -0.2) is 13.2 Å². The van der Waals surface area contributed by atoms with Gasteiger partial charge in [0.2, 0.25) is 0 Å². The van der Waals surface area contributed by atoms with Gasteiger partial charge < -0.3 is 10.6 Å². The zero-order valence-electron chi connectivity index (χ0n) is 14.5. The zero-order chi connectivity index (χ0) is 19.0. The third kappa shape index (κ3) is 5.64. The highest BCUT2D eigenvalue weighted by molar-refractivity contribution is 7.92. The number of amides is 2. The number of anilines is 2. The van der Waals surface area contributed by atoms with Crippen LogP contribution in [-0.2, 0) is 16.4 Å². The third-order valence-electron chi connectivity index (χ3n) is 3.66. The average molecular weight is 396 g/mol. The van der Waals surface area contributed by atoms with Gasteiger partial charge in [-0.3, -0.25) is 4.72 Å². The molecule has 26 heavy (non-hydrogen) atoms. The lowest BCUT2D eigenvalue weighted by Crippen LogP contribution is -2.29. The molecular formula is C18H22ClN3O3S.